The van der Waals surface area contributed by atoms with Gasteiger partial charge in [-0.1, -0.05) is 12.7 Å². The highest BCUT2D eigenvalue weighted by molar-refractivity contribution is 5.95. The lowest BCUT2D eigenvalue weighted by Gasteiger charge is -2.38. The molecule has 3 heterocycles. The van der Waals surface area contributed by atoms with Gasteiger partial charge in [-0.15, -0.1) is 0 Å². The summed E-state index contributed by atoms with van der Waals surface area (Å²) in [5.74, 6) is 0.887. The van der Waals surface area contributed by atoms with Crippen LogP contribution in [0.2, 0.25) is 0 Å². The summed E-state index contributed by atoms with van der Waals surface area (Å²) in [7, 11) is 0. The van der Waals surface area contributed by atoms with E-state index in [2.05, 4.69) is 17.2 Å². The molecule has 2 fully saturated rings. The molecule has 1 aliphatic carbocycles. The maximum atomic E-state index is 12.8. The zero-order chi connectivity index (χ0) is 20.7. The van der Waals surface area contributed by atoms with Gasteiger partial charge in [-0.3, -0.25) is 4.79 Å². The lowest BCUT2D eigenvalue weighted by molar-refractivity contribution is 0.0950. The van der Waals surface area contributed by atoms with Crippen molar-refractivity contribution in [1.82, 2.24) is 10.2 Å². The van der Waals surface area contributed by atoms with Crippen molar-refractivity contribution in [2.45, 2.75) is 37.4 Å². The average molecular weight is 407 g/mol. The van der Waals surface area contributed by atoms with Crippen LogP contribution < -0.4 is 10.6 Å². The largest absolute Gasteiger partial charge is 0.467 e. The normalized spacial score (nSPS) is 24.4. The minimum absolute atomic E-state index is 0.0548. The van der Waals surface area contributed by atoms with Gasteiger partial charge in [0.05, 0.1) is 18.3 Å². The number of amides is 2. The van der Waals surface area contributed by atoms with E-state index in [-0.39, 0.29) is 36.6 Å². The molecular formula is C23H25N3O4. The summed E-state index contributed by atoms with van der Waals surface area (Å²) in [6.45, 7) is 4.37. The number of furan rings is 1. The van der Waals surface area contributed by atoms with Crippen molar-refractivity contribution < 1.29 is 18.7 Å². The van der Waals surface area contributed by atoms with Crippen molar-refractivity contribution >= 4 is 17.7 Å². The zero-order valence-electron chi connectivity index (χ0n) is 16.7. The third kappa shape index (κ3) is 3.34. The summed E-state index contributed by atoms with van der Waals surface area (Å²) >= 11 is 0. The quantitative estimate of drug-likeness (QED) is 0.732. The smallest absolute Gasteiger partial charge is 0.410 e. The summed E-state index contributed by atoms with van der Waals surface area (Å²) < 4.78 is 11.0. The first-order chi connectivity index (χ1) is 14.7. The maximum Gasteiger partial charge on any atom is 0.410 e. The molecule has 0 bridgehead atoms. The molecule has 2 amide bonds. The van der Waals surface area contributed by atoms with Crippen LogP contribution in [0.5, 0.6) is 0 Å². The van der Waals surface area contributed by atoms with Gasteiger partial charge in [-0.2, -0.15) is 0 Å². The van der Waals surface area contributed by atoms with Crippen molar-refractivity contribution in [2.75, 3.05) is 18.5 Å². The van der Waals surface area contributed by atoms with Gasteiger partial charge < -0.3 is 24.7 Å². The minimum atomic E-state index is -0.360. The summed E-state index contributed by atoms with van der Waals surface area (Å²) in [4.78, 5) is 27.2. The lowest BCUT2D eigenvalue weighted by atomic mass is 9.81. The summed E-state index contributed by atoms with van der Waals surface area (Å²) in [6, 6.07) is 9.54. The Morgan fingerprint density at radius 3 is 2.90 bits per heavy atom. The lowest BCUT2D eigenvalue weighted by Crippen LogP contribution is -2.38. The standard InChI is InChI=1S/C23H25N3O4/c1-2-11-30-23(28)26-10-9-16-20(19-4-3-12-29-19)25-18-8-5-14(13-17(18)21(16)26)22(27)24-15-6-7-15/h2-5,8,12-13,15-16,20-21,25H,1,6-7,9-11H2,(H,24,27). The minimum Gasteiger partial charge on any atom is -0.467 e. The van der Waals surface area contributed by atoms with Crippen molar-refractivity contribution in [2.24, 2.45) is 5.92 Å². The molecule has 2 N–H and O–H groups in total. The molecule has 2 aliphatic heterocycles. The molecule has 156 valence electrons. The Bertz CT molecular complexity index is 967. The number of fused-ring (bicyclic) bond motifs is 3. The van der Waals surface area contributed by atoms with Crippen LogP contribution in [0.15, 0.2) is 53.7 Å². The fourth-order valence-corrected chi connectivity index (χ4v) is 4.58. The zero-order valence-corrected chi connectivity index (χ0v) is 16.7. The molecule has 7 heteroatoms. The van der Waals surface area contributed by atoms with Crippen LogP contribution in [-0.2, 0) is 4.74 Å². The van der Waals surface area contributed by atoms with Crippen LogP contribution in [0.3, 0.4) is 0 Å². The first-order valence-corrected chi connectivity index (χ1v) is 10.4. The van der Waals surface area contributed by atoms with Gasteiger partial charge in [-0.05, 0) is 55.2 Å². The van der Waals surface area contributed by atoms with Crippen molar-refractivity contribution in [3.63, 3.8) is 0 Å². The SMILES string of the molecule is C=CCOC(=O)N1CCC2C(c3ccco3)Nc3ccc(C(=O)NC4CC4)cc3C21. The molecular weight excluding hydrogens is 382 g/mol. The number of nitrogens with zero attached hydrogens (tertiary/aromatic N) is 1. The molecule has 3 unspecified atom stereocenters. The Hall–Kier alpha value is -3.22. The topological polar surface area (TPSA) is 83.8 Å². The Kier molecular flexibility index (Phi) is 4.73. The van der Waals surface area contributed by atoms with Crippen LogP contribution in [-0.4, -0.2) is 36.1 Å². The van der Waals surface area contributed by atoms with Gasteiger partial charge in [0.15, 0.2) is 0 Å². The maximum absolute atomic E-state index is 12.8. The number of carbonyl (C=O) groups is 2. The van der Waals surface area contributed by atoms with Gasteiger partial charge in [0.25, 0.3) is 5.91 Å². The number of rotatable bonds is 5. The Morgan fingerprint density at radius 2 is 2.17 bits per heavy atom. The second kappa shape index (κ2) is 7.55. The van der Waals surface area contributed by atoms with Crippen LogP contribution in [0.25, 0.3) is 0 Å². The Balaban J connectivity index is 1.51. The van der Waals surface area contributed by atoms with Crippen molar-refractivity contribution in [3.05, 3.63) is 66.1 Å². The van der Waals surface area contributed by atoms with Crippen LogP contribution in [0, 0.1) is 5.92 Å². The number of likely N-dealkylation sites (tertiary alicyclic amines) is 1. The molecule has 1 saturated carbocycles. The second-order valence-corrected chi connectivity index (χ2v) is 8.14. The van der Waals surface area contributed by atoms with Crippen LogP contribution >= 0.6 is 0 Å². The summed E-state index contributed by atoms with van der Waals surface area (Å²) in [6.07, 6.45) is 5.75. The highest BCUT2D eigenvalue weighted by Crippen LogP contribution is 2.51. The first kappa shape index (κ1) is 18.8. The van der Waals surface area contributed by atoms with Gasteiger partial charge in [0, 0.05) is 29.8 Å². The average Bonchev–Trinajstić information content (AvgIpc) is 3.23. The van der Waals surface area contributed by atoms with Gasteiger partial charge in [0.1, 0.15) is 12.4 Å². The van der Waals surface area contributed by atoms with Crippen molar-refractivity contribution in [1.29, 1.82) is 0 Å². The van der Waals surface area contributed by atoms with Gasteiger partial charge in [0.2, 0.25) is 0 Å². The molecule has 2 aromatic rings. The number of nitrogens with one attached hydrogen (secondary N) is 2. The number of carbonyl (C=O) groups excluding carboxylic acids is 2. The van der Waals surface area contributed by atoms with Crippen molar-refractivity contribution in [3.8, 4) is 0 Å². The van der Waals surface area contributed by atoms with E-state index in [0.29, 0.717) is 18.2 Å². The van der Waals surface area contributed by atoms with E-state index in [4.69, 9.17) is 9.15 Å². The predicted octanol–water partition coefficient (Wildman–Crippen LogP) is 4.02. The van der Waals surface area contributed by atoms with E-state index < -0.39 is 0 Å². The van der Waals surface area contributed by atoms with E-state index in [9.17, 15) is 9.59 Å². The third-order valence-electron chi connectivity index (χ3n) is 6.14. The highest BCUT2D eigenvalue weighted by Gasteiger charge is 2.48. The number of anilines is 1. The molecule has 1 aromatic carbocycles. The fourth-order valence-electron chi connectivity index (χ4n) is 4.58. The molecule has 1 saturated heterocycles. The highest BCUT2D eigenvalue weighted by atomic mass is 16.6. The van der Waals surface area contributed by atoms with Gasteiger partial charge in [-0.25, -0.2) is 4.79 Å². The molecule has 7 nitrogen and oxygen atoms in total. The van der Waals surface area contributed by atoms with Gasteiger partial charge >= 0.3 is 6.09 Å². The third-order valence-corrected chi connectivity index (χ3v) is 6.14. The predicted molar refractivity (Wildman–Crippen MR) is 111 cm³/mol. The Labute approximate surface area is 175 Å². The molecule has 3 atom stereocenters. The molecule has 0 radical (unpaired) electrons. The van der Waals surface area contributed by atoms with E-state index in [0.717, 1.165) is 36.3 Å². The fraction of sp³-hybridized carbons (Fsp3) is 0.391. The number of ether oxygens (including phenoxy) is 1. The number of hydrogen-bond donors (Lipinski definition) is 2. The molecule has 3 aliphatic rings. The molecule has 30 heavy (non-hydrogen) atoms. The monoisotopic (exact) mass is 407 g/mol. The summed E-state index contributed by atoms with van der Waals surface area (Å²) in [5.41, 5.74) is 2.47. The van der Waals surface area contributed by atoms with E-state index in [1.165, 1.54) is 0 Å². The molecule has 1 aromatic heterocycles. The molecule has 5 rings (SSSR count). The van der Waals surface area contributed by atoms with E-state index in [1.54, 1.807) is 17.2 Å². The van der Waals surface area contributed by atoms with E-state index in [1.807, 2.05) is 30.3 Å². The van der Waals surface area contributed by atoms with Crippen LogP contribution in [0.1, 0.15) is 53.0 Å². The molecule has 0 spiro atoms. The first-order valence-electron chi connectivity index (χ1n) is 10.4. The number of hydrogen-bond acceptors (Lipinski definition) is 5. The second-order valence-electron chi connectivity index (χ2n) is 8.14. The Morgan fingerprint density at radius 1 is 1.30 bits per heavy atom. The summed E-state index contributed by atoms with van der Waals surface area (Å²) in [5, 5.41) is 6.61. The number of benzene rings is 1. The van der Waals surface area contributed by atoms with E-state index >= 15 is 0 Å². The van der Waals surface area contributed by atoms with Crippen LogP contribution in [0.4, 0.5) is 10.5 Å².